The highest BCUT2D eigenvalue weighted by atomic mass is 16.4. The van der Waals surface area contributed by atoms with Crippen molar-refractivity contribution in [1.82, 2.24) is 0 Å². The highest BCUT2D eigenvalue weighted by molar-refractivity contribution is 5.92. The molecule has 0 unspecified atom stereocenters. The van der Waals surface area contributed by atoms with E-state index in [2.05, 4.69) is 0 Å². The van der Waals surface area contributed by atoms with Crippen molar-refractivity contribution < 1.29 is 14.7 Å². The number of carbonyl (C=O) groups is 2. The molecule has 0 aliphatic heterocycles. The molecule has 0 saturated heterocycles. The van der Waals surface area contributed by atoms with Gasteiger partial charge in [0.05, 0.1) is 12.3 Å². The Kier molecular flexibility index (Phi) is 2.70. The van der Waals surface area contributed by atoms with Crippen LogP contribution < -0.4 is 5.73 Å². The van der Waals surface area contributed by atoms with E-state index < -0.39 is 11.9 Å². The Morgan fingerprint density at radius 3 is 2.11 bits per heavy atom. The topological polar surface area (TPSA) is 80.4 Å². The highest BCUT2D eigenvalue weighted by Gasteiger charge is 2.12. The molecule has 0 aliphatic rings. The first-order valence-electron chi connectivity index (χ1n) is 2.38. The van der Waals surface area contributed by atoms with Gasteiger partial charge in [-0.2, -0.15) is 0 Å². The zero-order valence-electron chi connectivity index (χ0n) is 5.05. The average molecular weight is 130 g/mol. The van der Waals surface area contributed by atoms with E-state index >= 15 is 0 Å². The molecule has 0 rings (SSSR count). The maximum atomic E-state index is 10.2. The summed E-state index contributed by atoms with van der Waals surface area (Å²) >= 11 is 0. The molecule has 1 radical (unpaired) electrons. The quantitative estimate of drug-likeness (QED) is 0.542. The van der Waals surface area contributed by atoms with Crippen molar-refractivity contribution in [2.75, 3.05) is 0 Å². The van der Waals surface area contributed by atoms with Gasteiger partial charge >= 0.3 is 5.97 Å². The lowest BCUT2D eigenvalue weighted by atomic mass is 10.1. The van der Waals surface area contributed by atoms with Gasteiger partial charge < -0.3 is 10.8 Å². The molecule has 0 aliphatic carbocycles. The SMILES string of the molecule is C[C](CC(=O)O)C(N)=O. The lowest BCUT2D eigenvalue weighted by Crippen LogP contribution is -2.20. The van der Waals surface area contributed by atoms with E-state index in [1.54, 1.807) is 0 Å². The van der Waals surface area contributed by atoms with Gasteiger partial charge in [-0.05, 0) is 6.92 Å². The van der Waals surface area contributed by atoms with Crippen LogP contribution in [0.5, 0.6) is 0 Å². The molecule has 51 valence electrons. The Balaban J connectivity index is 3.63. The molecule has 1 amide bonds. The predicted octanol–water partition coefficient (Wildman–Crippen LogP) is -0.459. The van der Waals surface area contributed by atoms with Crippen molar-refractivity contribution in [1.29, 1.82) is 0 Å². The molecule has 0 saturated carbocycles. The molecule has 0 heterocycles. The van der Waals surface area contributed by atoms with Gasteiger partial charge in [-0.25, -0.2) is 0 Å². The third kappa shape index (κ3) is 3.52. The molecule has 0 atom stereocenters. The van der Waals surface area contributed by atoms with Crippen LogP contribution in [0.4, 0.5) is 0 Å². The summed E-state index contributed by atoms with van der Waals surface area (Å²) in [6.45, 7) is 1.40. The molecule has 0 aromatic heterocycles. The van der Waals surface area contributed by atoms with Crippen LogP contribution in [0, 0.1) is 5.92 Å². The second kappa shape index (κ2) is 3.06. The Morgan fingerprint density at radius 2 is 2.00 bits per heavy atom. The molecular weight excluding hydrogens is 122 g/mol. The number of hydrogen-bond donors (Lipinski definition) is 2. The number of primary amides is 1. The summed E-state index contributed by atoms with van der Waals surface area (Å²) in [4.78, 5) is 20.0. The Morgan fingerprint density at radius 1 is 1.56 bits per heavy atom. The smallest absolute Gasteiger partial charge is 0.304 e. The number of carboxylic acid groups (broad SMARTS) is 1. The van der Waals surface area contributed by atoms with Gasteiger partial charge in [0, 0.05) is 0 Å². The van der Waals surface area contributed by atoms with Crippen LogP contribution in [-0.4, -0.2) is 17.0 Å². The molecule has 3 N–H and O–H groups in total. The number of carbonyl (C=O) groups excluding carboxylic acids is 1. The zero-order valence-corrected chi connectivity index (χ0v) is 5.05. The van der Waals surface area contributed by atoms with E-state index in [-0.39, 0.29) is 12.3 Å². The number of rotatable bonds is 3. The Bertz CT molecular complexity index is 132. The number of hydrogen-bond acceptors (Lipinski definition) is 2. The summed E-state index contributed by atoms with van der Waals surface area (Å²) in [6, 6.07) is 0. The average Bonchev–Trinajstić information content (AvgIpc) is 1.63. The van der Waals surface area contributed by atoms with Crippen LogP contribution in [0.3, 0.4) is 0 Å². The number of aliphatic carboxylic acids is 1. The first-order valence-corrected chi connectivity index (χ1v) is 2.38. The van der Waals surface area contributed by atoms with Crippen molar-refractivity contribution in [3.8, 4) is 0 Å². The molecule has 0 bridgehead atoms. The van der Waals surface area contributed by atoms with Crippen LogP contribution in [0.25, 0.3) is 0 Å². The fraction of sp³-hybridized carbons (Fsp3) is 0.400. The summed E-state index contributed by atoms with van der Waals surface area (Å²) in [5.74, 6) is -1.52. The van der Waals surface area contributed by atoms with Crippen molar-refractivity contribution >= 4 is 11.9 Å². The summed E-state index contributed by atoms with van der Waals surface area (Å²) in [6.07, 6.45) is -0.269. The minimum Gasteiger partial charge on any atom is -0.481 e. The van der Waals surface area contributed by atoms with E-state index in [0.29, 0.717) is 0 Å². The summed E-state index contributed by atoms with van der Waals surface area (Å²) in [5, 5.41) is 8.10. The number of nitrogens with two attached hydrogens (primary N) is 1. The standard InChI is InChI=1S/C5H8NO3/c1-3(5(6)9)2-4(7)8/h2H2,1H3,(H2,6,9)(H,7,8). The van der Waals surface area contributed by atoms with Crippen molar-refractivity contribution in [3.05, 3.63) is 5.92 Å². The third-order valence-electron chi connectivity index (χ3n) is 0.837. The normalized spacial score (nSPS) is 9.56. The van der Waals surface area contributed by atoms with Gasteiger partial charge in [-0.15, -0.1) is 0 Å². The van der Waals surface area contributed by atoms with Crippen molar-refractivity contribution in [2.45, 2.75) is 13.3 Å². The zero-order chi connectivity index (χ0) is 7.44. The van der Waals surface area contributed by atoms with Gasteiger partial charge in [0.2, 0.25) is 5.91 Å². The largest absolute Gasteiger partial charge is 0.481 e. The summed E-state index contributed by atoms with van der Waals surface area (Å²) in [5.41, 5.74) is 4.74. The summed E-state index contributed by atoms with van der Waals surface area (Å²) in [7, 11) is 0. The van der Waals surface area contributed by atoms with Crippen LogP contribution in [0.15, 0.2) is 0 Å². The molecule has 9 heavy (non-hydrogen) atoms. The third-order valence-corrected chi connectivity index (χ3v) is 0.837. The van der Waals surface area contributed by atoms with Gasteiger partial charge in [0.1, 0.15) is 0 Å². The van der Waals surface area contributed by atoms with E-state index in [4.69, 9.17) is 10.8 Å². The molecular formula is C5H8NO3. The lowest BCUT2D eigenvalue weighted by molar-refractivity contribution is -0.137. The van der Waals surface area contributed by atoms with E-state index in [0.717, 1.165) is 0 Å². The van der Waals surface area contributed by atoms with Crippen LogP contribution in [0.1, 0.15) is 13.3 Å². The number of carboxylic acids is 1. The van der Waals surface area contributed by atoms with Crippen molar-refractivity contribution in [2.24, 2.45) is 5.73 Å². The van der Waals surface area contributed by atoms with E-state index in [1.165, 1.54) is 6.92 Å². The molecule has 0 aromatic carbocycles. The first-order chi connectivity index (χ1) is 4.04. The van der Waals surface area contributed by atoms with Crippen LogP contribution in [0.2, 0.25) is 0 Å². The highest BCUT2D eigenvalue weighted by Crippen LogP contribution is 2.01. The molecule has 4 heteroatoms. The van der Waals surface area contributed by atoms with Crippen LogP contribution >= 0.6 is 0 Å². The fourth-order valence-electron chi connectivity index (χ4n) is 0.314. The number of amides is 1. The van der Waals surface area contributed by atoms with Gasteiger partial charge in [0.25, 0.3) is 0 Å². The first kappa shape index (κ1) is 7.94. The minimum atomic E-state index is -1.04. The van der Waals surface area contributed by atoms with E-state index in [9.17, 15) is 9.59 Å². The van der Waals surface area contributed by atoms with Crippen LogP contribution in [-0.2, 0) is 9.59 Å². The van der Waals surface area contributed by atoms with Crippen molar-refractivity contribution in [3.63, 3.8) is 0 Å². The Labute approximate surface area is 52.7 Å². The maximum Gasteiger partial charge on any atom is 0.304 e. The summed E-state index contributed by atoms with van der Waals surface area (Å²) < 4.78 is 0. The minimum absolute atomic E-state index is 0.169. The van der Waals surface area contributed by atoms with Gasteiger partial charge in [0.15, 0.2) is 0 Å². The molecule has 0 aromatic rings. The Hall–Kier alpha value is -1.06. The second-order valence-electron chi connectivity index (χ2n) is 1.72. The molecule has 0 spiro atoms. The lowest BCUT2D eigenvalue weighted by Gasteiger charge is -1.98. The van der Waals surface area contributed by atoms with Gasteiger partial charge in [-0.1, -0.05) is 0 Å². The fourth-order valence-corrected chi connectivity index (χ4v) is 0.314. The van der Waals surface area contributed by atoms with E-state index in [1.807, 2.05) is 0 Å². The van der Waals surface area contributed by atoms with Gasteiger partial charge in [-0.3, -0.25) is 9.59 Å². The second-order valence-corrected chi connectivity index (χ2v) is 1.72. The predicted molar refractivity (Wildman–Crippen MR) is 30.4 cm³/mol. The molecule has 0 fully saturated rings. The maximum absolute atomic E-state index is 10.2. The monoisotopic (exact) mass is 130 g/mol. The molecule has 4 nitrogen and oxygen atoms in total.